The van der Waals surface area contributed by atoms with E-state index in [1.54, 1.807) is 6.07 Å². The van der Waals surface area contributed by atoms with Crippen molar-refractivity contribution in [2.75, 3.05) is 37.6 Å². The van der Waals surface area contributed by atoms with E-state index >= 15 is 0 Å². The monoisotopic (exact) mass is 447 g/mol. The highest BCUT2D eigenvalue weighted by atomic mass is 19.4. The van der Waals surface area contributed by atoms with Gasteiger partial charge in [0.05, 0.1) is 10.9 Å². The van der Waals surface area contributed by atoms with Crippen LogP contribution in [0, 0.1) is 12.7 Å². The van der Waals surface area contributed by atoms with Gasteiger partial charge >= 0.3 is 6.18 Å². The highest BCUT2D eigenvalue weighted by Gasteiger charge is 2.30. The summed E-state index contributed by atoms with van der Waals surface area (Å²) in [4.78, 5) is 19.5. The van der Waals surface area contributed by atoms with Gasteiger partial charge in [0, 0.05) is 37.6 Å². The van der Waals surface area contributed by atoms with Crippen LogP contribution in [0.4, 0.5) is 23.2 Å². The van der Waals surface area contributed by atoms with Gasteiger partial charge in [-0.1, -0.05) is 6.07 Å². The Bertz CT molecular complexity index is 1150. The van der Waals surface area contributed by atoms with E-state index in [0.29, 0.717) is 11.8 Å². The molecule has 1 aliphatic rings. The molecule has 8 heteroatoms. The molecule has 0 atom stereocenters. The number of halogens is 4. The first-order valence-electron chi connectivity index (χ1n) is 10.7. The number of benzene rings is 2. The van der Waals surface area contributed by atoms with E-state index in [4.69, 9.17) is 0 Å². The first-order chi connectivity index (χ1) is 15.2. The van der Waals surface area contributed by atoms with E-state index in [1.165, 1.54) is 18.2 Å². The number of hydrogen-bond acceptors (Lipinski definition) is 3. The van der Waals surface area contributed by atoms with Crippen molar-refractivity contribution < 1.29 is 17.6 Å². The van der Waals surface area contributed by atoms with Crippen molar-refractivity contribution in [1.82, 2.24) is 9.88 Å². The molecule has 0 saturated carbocycles. The topological polar surface area (TPSA) is 39.3 Å². The summed E-state index contributed by atoms with van der Waals surface area (Å²) in [5.74, 6) is -0.510. The van der Waals surface area contributed by atoms with Crippen molar-refractivity contribution in [2.24, 2.45) is 0 Å². The molecule has 0 unspecified atom stereocenters. The van der Waals surface area contributed by atoms with Gasteiger partial charge in [-0.25, -0.2) is 4.39 Å². The van der Waals surface area contributed by atoms with Crippen molar-refractivity contribution >= 4 is 16.5 Å². The highest BCUT2D eigenvalue weighted by molar-refractivity contribution is 5.85. The molecule has 0 bridgehead atoms. The summed E-state index contributed by atoms with van der Waals surface area (Å²) < 4.78 is 52.2. The van der Waals surface area contributed by atoms with Crippen molar-refractivity contribution in [3.8, 4) is 0 Å². The quantitative estimate of drug-likeness (QED) is 0.574. The minimum Gasteiger partial charge on any atom is -0.369 e. The van der Waals surface area contributed by atoms with E-state index in [9.17, 15) is 22.4 Å². The summed E-state index contributed by atoms with van der Waals surface area (Å²) in [5.41, 5.74) is 1.43. The molecular formula is C24H25F4N3O. The molecule has 3 aromatic rings. The van der Waals surface area contributed by atoms with Gasteiger partial charge in [0.1, 0.15) is 5.82 Å². The van der Waals surface area contributed by atoms with Crippen LogP contribution in [0.25, 0.3) is 10.8 Å². The molecule has 1 aliphatic heterocycles. The molecule has 0 spiro atoms. The van der Waals surface area contributed by atoms with Crippen LogP contribution in [0.1, 0.15) is 23.2 Å². The summed E-state index contributed by atoms with van der Waals surface area (Å²) in [6, 6.07) is 10.2. The molecule has 170 valence electrons. The number of pyridine rings is 1. The predicted octanol–water partition coefficient (Wildman–Crippen LogP) is 4.75. The van der Waals surface area contributed by atoms with Crippen LogP contribution >= 0.6 is 0 Å². The van der Waals surface area contributed by atoms with Crippen molar-refractivity contribution in [3.05, 3.63) is 75.5 Å². The fourth-order valence-electron chi connectivity index (χ4n) is 4.25. The van der Waals surface area contributed by atoms with E-state index in [-0.39, 0.29) is 5.39 Å². The number of rotatable bonds is 5. The van der Waals surface area contributed by atoms with Crippen LogP contribution in [-0.2, 0) is 12.6 Å². The van der Waals surface area contributed by atoms with Gasteiger partial charge in [-0.2, -0.15) is 13.2 Å². The number of fused-ring (bicyclic) bond motifs is 1. The number of nitrogens with one attached hydrogen (secondary N) is 1. The number of H-pyrrole nitrogens is 1. The summed E-state index contributed by atoms with van der Waals surface area (Å²) in [5, 5.41) is 0.752. The molecule has 4 rings (SSSR count). The molecule has 0 aliphatic carbocycles. The fraction of sp³-hybridized carbons (Fsp3) is 0.375. The number of anilines is 1. The number of alkyl halides is 3. The Balaban J connectivity index is 1.30. The maximum atomic E-state index is 14.0. The van der Waals surface area contributed by atoms with Gasteiger partial charge in [-0.05, 0) is 73.7 Å². The van der Waals surface area contributed by atoms with Crippen LogP contribution in [0.5, 0.6) is 0 Å². The lowest BCUT2D eigenvalue weighted by Gasteiger charge is -2.36. The maximum absolute atomic E-state index is 14.0. The standard InChI is InChI=1S/C24H25F4N3O/c1-16-4-9-21(25)22-20(16)15-18(29-23(22)32)3-2-10-30-11-13-31(14-12-30)19-7-5-17(6-8-19)24(26,27)28/h4-9,15H,2-3,10-14H2,1H3,(H,29,32). The molecule has 1 N–H and O–H groups in total. The average Bonchev–Trinajstić information content (AvgIpc) is 2.76. The third kappa shape index (κ3) is 4.80. The molecule has 2 heterocycles. The first-order valence-corrected chi connectivity index (χ1v) is 10.7. The zero-order chi connectivity index (χ0) is 22.9. The fourth-order valence-corrected chi connectivity index (χ4v) is 4.25. The summed E-state index contributed by atoms with van der Waals surface area (Å²) in [6.45, 7) is 5.84. The van der Waals surface area contributed by atoms with Crippen LogP contribution < -0.4 is 10.5 Å². The normalized spacial score (nSPS) is 15.5. The number of aryl methyl sites for hydroxylation is 2. The van der Waals surface area contributed by atoms with Gasteiger partial charge in [0.25, 0.3) is 5.56 Å². The van der Waals surface area contributed by atoms with Crippen LogP contribution in [0.15, 0.2) is 47.3 Å². The maximum Gasteiger partial charge on any atom is 0.416 e. The third-order valence-corrected chi connectivity index (χ3v) is 6.08. The van der Waals surface area contributed by atoms with Gasteiger partial charge in [0.2, 0.25) is 0 Å². The number of nitrogens with zero attached hydrogens (tertiary/aromatic N) is 2. The molecule has 2 aromatic carbocycles. The Hall–Kier alpha value is -2.87. The minimum atomic E-state index is -4.32. The molecule has 0 radical (unpaired) electrons. The Labute approximate surface area is 183 Å². The highest BCUT2D eigenvalue weighted by Crippen LogP contribution is 2.30. The van der Waals surface area contributed by atoms with Crippen LogP contribution in [0.2, 0.25) is 0 Å². The molecule has 1 saturated heterocycles. The first kappa shape index (κ1) is 22.3. The number of aromatic nitrogens is 1. The lowest BCUT2D eigenvalue weighted by Crippen LogP contribution is -2.46. The Morgan fingerprint density at radius 1 is 1.00 bits per heavy atom. The molecule has 0 amide bonds. The van der Waals surface area contributed by atoms with Crippen LogP contribution in [-0.4, -0.2) is 42.6 Å². The van der Waals surface area contributed by atoms with Gasteiger partial charge < -0.3 is 9.88 Å². The molecular weight excluding hydrogens is 422 g/mol. The molecule has 32 heavy (non-hydrogen) atoms. The SMILES string of the molecule is Cc1ccc(F)c2c(=O)[nH]c(CCCN3CCN(c4ccc(C(F)(F)F)cc4)CC3)cc12. The lowest BCUT2D eigenvalue weighted by atomic mass is 10.0. The molecule has 4 nitrogen and oxygen atoms in total. The number of piperazine rings is 1. The van der Waals surface area contributed by atoms with E-state index < -0.39 is 23.1 Å². The van der Waals surface area contributed by atoms with E-state index in [1.807, 2.05) is 13.0 Å². The van der Waals surface area contributed by atoms with Gasteiger partial charge in [-0.3, -0.25) is 9.69 Å². The van der Waals surface area contributed by atoms with E-state index in [0.717, 1.165) is 68.2 Å². The Kier molecular flexibility index (Phi) is 6.24. The largest absolute Gasteiger partial charge is 0.416 e. The smallest absolute Gasteiger partial charge is 0.369 e. The lowest BCUT2D eigenvalue weighted by molar-refractivity contribution is -0.137. The minimum absolute atomic E-state index is 0.105. The molecule has 1 aromatic heterocycles. The Morgan fingerprint density at radius 3 is 2.34 bits per heavy atom. The third-order valence-electron chi connectivity index (χ3n) is 6.08. The Morgan fingerprint density at radius 2 is 1.69 bits per heavy atom. The summed E-state index contributed by atoms with van der Waals surface area (Å²) in [7, 11) is 0. The zero-order valence-electron chi connectivity index (χ0n) is 17.8. The van der Waals surface area contributed by atoms with Crippen molar-refractivity contribution in [2.45, 2.75) is 25.9 Å². The van der Waals surface area contributed by atoms with Crippen LogP contribution in [0.3, 0.4) is 0 Å². The predicted molar refractivity (Wildman–Crippen MR) is 118 cm³/mol. The van der Waals surface area contributed by atoms with Crippen molar-refractivity contribution in [3.63, 3.8) is 0 Å². The second kappa shape index (κ2) is 8.94. The van der Waals surface area contributed by atoms with E-state index in [2.05, 4.69) is 14.8 Å². The number of aromatic amines is 1. The zero-order valence-corrected chi connectivity index (χ0v) is 17.8. The second-order valence-electron chi connectivity index (χ2n) is 8.25. The number of hydrogen-bond donors (Lipinski definition) is 1. The summed E-state index contributed by atoms with van der Waals surface area (Å²) >= 11 is 0. The van der Waals surface area contributed by atoms with Crippen molar-refractivity contribution in [1.29, 1.82) is 0 Å². The molecule has 1 fully saturated rings. The average molecular weight is 447 g/mol. The van der Waals surface area contributed by atoms with Gasteiger partial charge in [-0.15, -0.1) is 0 Å². The van der Waals surface area contributed by atoms with Gasteiger partial charge in [0.15, 0.2) is 0 Å². The summed E-state index contributed by atoms with van der Waals surface area (Å²) in [6.07, 6.45) is -2.80. The second-order valence-corrected chi connectivity index (χ2v) is 8.25.